The molecule has 0 atom stereocenters. The third kappa shape index (κ3) is 4.86. The minimum Gasteiger partial charge on any atom is -0.455 e. The zero-order valence-corrected chi connectivity index (χ0v) is 14.5. The van der Waals surface area contributed by atoms with Gasteiger partial charge in [0, 0.05) is 23.3 Å². The summed E-state index contributed by atoms with van der Waals surface area (Å²) in [4.78, 5) is 22.1. The summed E-state index contributed by atoms with van der Waals surface area (Å²) in [6, 6.07) is 12.7. The first-order valence-electron chi connectivity index (χ1n) is 8.09. The number of amides is 1. The van der Waals surface area contributed by atoms with E-state index in [4.69, 9.17) is 4.42 Å². The number of carbonyl (C=O) groups is 1. The van der Waals surface area contributed by atoms with Crippen LogP contribution in [0.25, 0.3) is 11.3 Å². The minimum absolute atomic E-state index is 0.0421. The minimum atomic E-state index is -4.47. The molecule has 10 heteroatoms. The van der Waals surface area contributed by atoms with Crippen LogP contribution in [-0.4, -0.2) is 17.0 Å². The van der Waals surface area contributed by atoms with E-state index >= 15 is 0 Å². The van der Waals surface area contributed by atoms with Crippen LogP contribution in [0.2, 0.25) is 0 Å². The first-order chi connectivity index (χ1) is 13.7. The van der Waals surface area contributed by atoms with Gasteiger partial charge in [-0.15, -0.1) is 0 Å². The highest BCUT2D eigenvalue weighted by Crippen LogP contribution is 2.32. The molecule has 0 unspecified atom stereocenters. The van der Waals surface area contributed by atoms with Crippen LogP contribution in [0.15, 0.2) is 70.2 Å². The standard InChI is InChI=1S/C19H12F3N3O4/c20-19(21,22)14-5-1-3-12(9-14)17-8-7-16(29-17)11-23-24-18(26)13-4-2-6-15(10-13)25(27)28/h1-11H,(H,24,26)/b23-11-. The van der Waals surface area contributed by atoms with Crippen molar-refractivity contribution in [1.82, 2.24) is 5.43 Å². The number of nitrogens with one attached hydrogen (secondary N) is 1. The second-order valence-electron chi connectivity index (χ2n) is 5.79. The molecule has 2 aromatic carbocycles. The molecule has 0 bridgehead atoms. The predicted octanol–water partition coefficient (Wildman–Crippen LogP) is 4.64. The molecule has 1 amide bonds. The number of rotatable bonds is 5. The number of hydrogen-bond donors (Lipinski definition) is 1. The number of nitro benzene ring substituents is 1. The van der Waals surface area contributed by atoms with Gasteiger partial charge in [0.1, 0.15) is 11.5 Å². The Morgan fingerprint density at radius 2 is 1.86 bits per heavy atom. The van der Waals surface area contributed by atoms with Crippen LogP contribution in [-0.2, 0) is 6.18 Å². The number of alkyl halides is 3. The number of hydrogen-bond acceptors (Lipinski definition) is 5. The van der Waals surface area contributed by atoms with Crippen molar-refractivity contribution in [3.05, 3.63) is 87.7 Å². The molecule has 0 spiro atoms. The zero-order chi connectivity index (χ0) is 21.0. The molecular weight excluding hydrogens is 391 g/mol. The number of halogens is 3. The SMILES string of the molecule is O=C(N/N=C\c1ccc(-c2cccc(C(F)(F)F)c2)o1)c1cccc([N+](=O)[O-])c1. The average molecular weight is 403 g/mol. The maximum absolute atomic E-state index is 12.8. The molecule has 0 aliphatic rings. The fourth-order valence-corrected chi connectivity index (χ4v) is 2.41. The first kappa shape index (κ1) is 19.8. The van der Waals surface area contributed by atoms with Gasteiger partial charge in [0.2, 0.25) is 0 Å². The topological polar surface area (TPSA) is 97.7 Å². The fourth-order valence-electron chi connectivity index (χ4n) is 2.41. The highest BCUT2D eigenvalue weighted by atomic mass is 19.4. The van der Waals surface area contributed by atoms with Crippen molar-refractivity contribution in [2.45, 2.75) is 6.18 Å². The lowest BCUT2D eigenvalue weighted by Gasteiger charge is -2.07. The Kier molecular flexibility index (Phi) is 5.44. The van der Waals surface area contributed by atoms with Gasteiger partial charge in [-0.3, -0.25) is 14.9 Å². The molecule has 3 aromatic rings. The fraction of sp³-hybridized carbons (Fsp3) is 0.0526. The lowest BCUT2D eigenvalue weighted by Crippen LogP contribution is -2.17. The molecule has 0 aliphatic carbocycles. The van der Waals surface area contributed by atoms with Gasteiger partial charge in [-0.2, -0.15) is 18.3 Å². The van der Waals surface area contributed by atoms with E-state index in [0.717, 1.165) is 24.4 Å². The van der Waals surface area contributed by atoms with E-state index in [2.05, 4.69) is 10.5 Å². The number of benzene rings is 2. The molecule has 1 aromatic heterocycles. The lowest BCUT2D eigenvalue weighted by atomic mass is 10.1. The van der Waals surface area contributed by atoms with E-state index in [1.807, 2.05) is 0 Å². The largest absolute Gasteiger partial charge is 0.455 e. The molecule has 148 valence electrons. The molecule has 3 rings (SSSR count). The Labute approximate surface area is 161 Å². The quantitative estimate of drug-likeness (QED) is 0.381. The van der Waals surface area contributed by atoms with Crippen molar-refractivity contribution in [3.8, 4) is 11.3 Å². The van der Waals surface area contributed by atoms with E-state index in [9.17, 15) is 28.1 Å². The van der Waals surface area contributed by atoms with Crippen molar-refractivity contribution < 1.29 is 27.3 Å². The van der Waals surface area contributed by atoms with Crippen molar-refractivity contribution in [2.75, 3.05) is 0 Å². The van der Waals surface area contributed by atoms with Crippen molar-refractivity contribution in [2.24, 2.45) is 5.10 Å². The van der Waals surface area contributed by atoms with Crippen molar-refractivity contribution in [1.29, 1.82) is 0 Å². The lowest BCUT2D eigenvalue weighted by molar-refractivity contribution is -0.384. The monoisotopic (exact) mass is 403 g/mol. The van der Waals surface area contributed by atoms with E-state index in [1.165, 1.54) is 42.5 Å². The molecule has 7 nitrogen and oxygen atoms in total. The second kappa shape index (κ2) is 7.97. The third-order valence-electron chi connectivity index (χ3n) is 3.78. The maximum atomic E-state index is 12.8. The number of non-ortho nitro benzene ring substituents is 1. The van der Waals surface area contributed by atoms with Crippen molar-refractivity contribution in [3.63, 3.8) is 0 Å². The van der Waals surface area contributed by atoms with Crippen LogP contribution in [0.3, 0.4) is 0 Å². The van der Waals surface area contributed by atoms with Gasteiger partial charge in [-0.1, -0.05) is 18.2 Å². The molecule has 1 N–H and O–H groups in total. The summed E-state index contributed by atoms with van der Waals surface area (Å²) >= 11 is 0. The summed E-state index contributed by atoms with van der Waals surface area (Å²) in [6.45, 7) is 0. The van der Waals surface area contributed by atoms with Gasteiger partial charge in [-0.25, -0.2) is 5.43 Å². The Morgan fingerprint density at radius 3 is 2.59 bits per heavy atom. The van der Waals surface area contributed by atoms with Gasteiger partial charge in [0.05, 0.1) is 16.7 Å². The third-order valence-corrected chi connectivity index (χ3v) is 3.78. The summed E-state index contributed by atoms with van der Waals surface area (Å²) < 4.78 is 43.9. The number of nitrogens with zero attached hydrogens (tertiary/aromatic N) is 2. The van der Waals surface area contributed by atoms with E-state index < -0.39 is 22.6 Å². The summed E-state index contributed by atoms with van der Waals surface area (Å²) in [5.74, 6) is -0.283. The average Bonchev–Trinajstić information content (AvgIpc) is 3.16. The summed E-state index contributed by atoms with van der Waals surface area (Å²) in [5, 5.41) is 14.4. The number of hydrazone groups is 1. The second-order valence-corrected chi connectivity index (χ2v) is 5.79. The number of nitro groups is 1. The molecule has 0 aliphatic heterocycles. The Hall–Kier alpha value is -3.95. The van der Waals surface area contributed by atoms with E-state index in [0.29, 0.717) is 0 Å². The summed E-state index contributed by atoms with van der Waals surface area (Å²) in [5.41, 5.74) is 1.43. The molecule has 1 heterocycles. The Morgan fingerprint density at radius 1 is 1.10 bits per heavy atom. The molecule has 0 radical (unpaired) electrons. The molecule has 0 saturated heterocycles. The Bertz CT molecular complexity index is 1090. The number of furan rings is 1. The van der Waals surface area contributed by atoms with Gasteiger partial charge in [-0.05, 0) is 30.3 Å². The van der Waals surface area contributed by atoms with Gasteiger partial charge in [0.15, 0.2) is 0 Å². The Balaban J connectivity index is 1.69. The van der Waals surface area contributed by atoms with Crippen LogP contribution < -0.4 is 5.43 Å². The van der Waals surface area contributed by atoms with Crippen LogP contribution in [0.5, 0.6) is 0 Å². The summed E-state index contributed by atoms with van der Waals surface area (Å²) in [6.07, 6.45) is -3.31. The summed E-state index contributed by atoms with van der Waals surface area (Å²) in [7, 11) is 0. The maximum Gasteiger partial charge on any atom is 0.416 e. The van der Waals surface area contributed by atoms with Gasteiger partial charge in [0.25, 0.3) is 11.6 Å². The smallest absolute Gasteiger partial charge is 0.416 e. The first-order valence-corrected chi connectivity index (χ1v) is 8.09. The molecular formula is C19H12F3N3O4. The highest BCUT2D eigenvalue weighted by molar-refractivity contribution is 5.95. The molecule has 0 fully saturated rings. The highest BCUT2D eigenvalue weighted by Gasteiger charge is 2.30. The zero-order valence-electron chi connectivity index (χ0n) is 14.5. The van der Waals surface area contributed by atoms with E-state index in [1.54, 1.807) is 0 Å². The molecule has 0 saturated carbocycles. The van der Waals surface area contributed by atoms with Crippen molar-refractivity contribution >= 4 is 17.8 Å². The molecule has 29 heavy (non-hydrogen) atoms. The number of carbonyl (C=O) groups excluding carboxylic acids is 1. The van der Waals surface area contributed by atoms with Gasteiger partial charge < -0.3 is 4.42 Å². The van der Waals surface area contributed by atoms with Crippen LogP contribution >= 0.6 is 0 Å². The van der Waals surface area contributed by atoms with Crippen LogP contribution in [0, 0.1) is 10.1 Å². The van der Waals surface area contributed by atoms with Crippen LogP contribution in [0.4, 0.5) is 18.9 Å². The van der Waals surface area contributed by atoms with E-state index in [-0.39, 0.29) is 28.3 Å². The van der Waals surface area contributed by atoms with Crippen LogP contribution in [0.1, 0.15) is 21.7 Å². The van der Waals surface area contributed by atoms with Gasteiger partial charge >= 0.3 is 6.18 Å². The predicted molar refractivity (Wildman–Crippen MR) is 97.3 cm³/mol. The normalized spacial score (nSPS) is 11.6.